The fourth-order valence-electron chi connectivity index (χ4n) is 3.25. The number of halogens is 1. The van der Waals surface area contributed by atoms with Crippen LogP contribution in [0.1, 0.15) is 27.7 Å². The molecule has 0 aliphatic carbocycles. The van der Waals surface area contributed by atoms with Gasteiger partial charge < -0.3 is 20.0 Å². The molecule has 0 bridgehead atoms. The Kier molecular flexibility index (Phi) is 3.69. The second kappa shape index (κ2) is 5.59. The van der Waals surface area contributed by atoms with Gasteiger partial charge in [0.25, 0.3) is 0 Å². The molecular weight excluding hydrogens is 330 g/mol. The smallest absolute Gasteiger partial charge is 0.399 e. The number of hydrogen-bond donors (Lipinski definition) is 2. The summed E-state index contributed by atoms with van der Waals surface area (Å²) in [7, 11) is -0.583. The third kappa shape index (κ3) is 2.61. The number of H-pyrrole nitrogens is 1. The van der Waals surface area contributed by atoms with E-state index in [4.69, 9.17) is 15.0 Å². The van der Waals surface area contributed by atoms with Crippen molar-refractivity contribution in [2.75, 3.05) is 5.73 Å². The lowest BCUT2D eigenvalue weighted by atomic mass is 9.78. The molecule has 26 heavy (non-hydrogen) atoms. The highest BCUT2D eigenvalue weighted by Crippen LogP contribution is 2.37. The molecule has 4 nitrogen and oxygen atoms in total. The molecule has 3 aromatic rings. The second-order valence-corrected chi connectivity index (χ2v) is 7.83. The van der Waals surface area contributed by atoms with Crippen molar-refractivity contribution in [1.82, 2.24) is 4.98 Å². The first-order chi connectivity index (χ1) is 12.2. The van der Waals surface area contributed by atoms with Crippen LogP contribution in [0.25, 0.3) is 22.0 Å². The monoisotopic (exact) mass is 352 g/mol. The Morgan fingerprint density at radius 3 is 2.35 bits per heavy atom. The van der Waals surface area contributed by atoms with Gasteiger partial charge in [-0.1, -0.05) is 12.1 Å². The van der Waals surface area contributed by atoms with Crippen LogP contribution < -0.4 is 11.2 Å². The van der Waals surface area contributed by atoms with Crippen molar-refractivity contribution >= 4 is 29.2 Å². The molecule has 2 heterocycles. The fraction of sp³-hybridized carbons (Fsp3) is 0.300. The van der Waals surface area contributed by atoms with Crippen LogP contribution in [0.3, 0.4) is 0 Å². The van der Waals surface area contributed by atoms with Gasteiger partial charge in [0.1, 0.15) is 5.82 Å². The maximum Gasteiger partial charge on any atom is 0.494 e. The summed E-state index contributed by atoms with van der Waals surface area (Å²) < 4.78 is 26.9. The lowest BCUT2D eigenvalue weighted by molar-refractivity contribution is 0.00578. The quantitative estimate of drug-likeness (QED) is 0.544. The number of anilines is 1. The lowest BCUT2D eigenvalue weighted by Crippen LogP contribution is -2.41. The van der Waals surface area contributed by atoms with E-state index in [1.54, 1.807) is 12.1 Å². The standard InChI is InChI=1S/C20H22BFN2O2/c1-19(2)20(3,4)26-21(25-19)14-5-6-15(16(22)11-14)13-9-12-7-8-24-18(12)17(23)10-13/h5-11,24H,23H2,1-4H3. The normalized spacial score (nSPS) is 18.6. The average Bonchev–Trinajstić information content (AvgIpc) is 3.10. The molecule has 1 fully saturated rings. The first-order valence-corrected chi connectivity index (χ1v) is 8.70. The first-order valence-electron chi connectivity index (χ1n) is 8.70. The summed E-state index contributed by atoms with van der Waals surface area (Å²) >= 11 is 0. The molecule has 0 amide bonds. The van der Waals surface area contributed by atoms with E-state index < -0.39 is 18.3 Å². The average molecular weight is 352 g/mol. The Labute approximate surface area is 152 Å². The number of nitrogen functional groups attached to an aromatic ring is 1. The van der Waals surface area contributed by atoms with Gasteiger partial charge in [0, 0.05) is 17.1 Å². The summed E-state index contributed by atoms with van der Waals surface area (Å²) in [4.78, 5) is 3.09. The zero-order valence-corrected chi connectivity index (χ0v) is 15.4. The summed E-state index contributed by atoms with van der Waals surface area (Å²) in [6, 6.07) is 10.7. The van der Waals surface area contributed by atoms with Gasteiger partial charge in [0.2, 0.25) is 0 Å². The van der Waals surface area contributed by atoms with E-state index >= 15 is 0 Å². The number of aromatic nitrogens is 1. The van der Waals surface area contributed by atoms with Crippen molar-refractivity contribution in [3.05, 3.63) is 48.4 Å². The molecule has 3 N–H and O–H groups in total. The van der Waals surface area contributed by atoms with Gasteiger partial charge >= 0.3 is 7.12 Å². The molecule has 0 spiro atoms. The van der Waals surface area contributed by atoms with Gasteiger partial charge in [-0.05, 0) is 63.0 Å². The van der Waals surface area contributed by atoms with Gasteiger partial charge in [0.15, 0.2) is 0 Å². The molecular formula is C20H22BFN2O2. The van der Waals surface area contributed by atoms with Crippen molar-refractivity contribution < 1.29 is 13.7 Å². The van der Waals surface area contributed by atoms with Gasteiger partial charge in [-0.3, -0.25) is 0 Å². The van der Waals surface area contributed by atoms with Crippen LogP contribution in [0.5, 0.6) is 0 Å². The predicted molar refractivity (Wildman–Crippen MR) is 104 cm³/mol. The Hall–Kier alpha value is -2.31. The van der Waals surface area contributed by atoms with E-state index in [-0.39, 0.29) is 5.82 Å². The van der Waals surface area contributed by atoms with Crippen LogP contribution in [0, 0.1) is 5.82 Å². The third-order valence-electron chi connectivity index (χ3n) is 5.52. The molecule has 1 aromatic heterocycles. The van der Waals surface area contributed by atoms with Crippen LogP contribution in [0.2, 0.25) is 0 Å². The number of fused-ring (bicyclic) bond motifs is 1. The molecule has 0 radical (unpaired) electrons. The summed E-state index contributed by atoms with van der Waals surface area (Å²) in [5.74, 6) is -0.327. The molecule has 6 heteroatoms. The molecule has 0 atom stereocenters. The molecule has 134 valence electrons. The highest BCUT2D eigenvalue weighted by Gasteiger charge is 2.51. The van der Waals surface area contributed by atoms with E-state index in [1.807, 2.05) is 52.1 Å². The van der Waals surface area contributed by atoms with Crippen molar-refractivity contribution in [1.29, 1.82) is 0 Å². The first kappa shape index (κ1) is 17.1. The van der Waals surface area contributed by atoms with Gasteiger partial charge in [0.05, 0.1) is 22.4 Å². The molecule has 0 saturated carbocycles. The van der Waals surface area contributed by atoms with Crippen LogP contribution in [0.15, 0.2) is 42.6 Å². The number of hydrogen-bond acceptors (Lipinski definition) is 3. The summed E-state index contributed by atoms with van der Waals surface area (Å²) in [5, 5.41) is 0.953. The third-order valence-corrected chi connectivity index (χ3v) is 5.52. The molecule has 1 aliphatic rings. The topological polar surface area (TPSA) is 60.3 Å². The zero-order valence-electron chi connectivity index (χ0n) is 15.4. The SMILES string of the molecule is CC1(C)OB(c2ccc(-c3cc(N)c4[nH]ccc4c3)c(F)c2)OC1(C)C. The lowest BCUT2D eigenvalue weighted by Gasteiger charge is -2.32. The minimum absolute atomic E-state index is 0.327. The number of nitrogens with one attached hydrogen (secondary N) is 1. The van der Waals surface area contributed by atoms with Gasteiger partial charge in [-0.2, -0.15) is 0 Å². The number of rotatable bonds is 2. The van der Waals surface area contributed by atoms with E-state index in [2.05, 4.69) is 4.98 Å². The maximum atomic E-state index is 14.9. The minimum atomic E-state index is -0.583. The van der Waals surface area contributed by atoms with Gasteiger partial charge in [-0.25, -0.2) is 4.39 Å². The summed E-state index contributed by atoms with van der Waals surface area (Å²) in [6.45, 7) is 7.92. The van der Waals surface area contributed by atoms with E-state index in [9.17, 15) is 4.39 Å². The zero-order chi connectivity index (χ0) is 18.7. The Balaban J connectivity index is 1.70. The van der Waals surface area contributed by atoms with Crippen molar-refractivity contribution in [3.8, 4) is 11.1 Å². The predicted octanol–water partition coefficient (Wildman–Crippen LogP) is 3.86. The van der Waals surface area contributed by atoms with Crippen LogP contribution in [-0.2, 0) is 9.31 Å². The van der Waals surface area contributed by atoms with E-state index in [0.29, 0.717) is 16.7 Å². The van der Waals surface area contributed by atoms with Crippen LogP contribution >= 0.6 is 0 Å². The maximum absolute atomic E-state index is 14.9. The van der Waals surface area contributed by atoms with E-state index in [1.165, 1.54) is 6.07 Å². The number of benzene rings is 2. The van der Waals surface area contributed by atoms with Crippen LogP contribution in [-0.4, -0.2) is 23.3 Å². The van der Waals surface area contributed by atoms with Crippen molar-refractivity contribution in [2.24, 2.45) is 0 Å². The second-order valence-electron chi connectivity index (χ2n) is 7.83. The van der Waals surface area contributed by atoms with Gasteiger partial charge in [-0.15, -0.1) is 0 Å². The summed E-state index contributed by atoms with van der Waals surface area (Å²) in [5.41, 5.74) is 8.54. The highest BCUT2D eigenvalue weighted by atomic mass is 19.1. The summed E-state index contributed by atoms with van der Waals surface area (Å²) in [6.07, 6.45) is 1.82. The van der Waals surface area contributed by atoms with Crippen molar-refractivity contribution in [3.63, 3.8) is 0 Å². The molecule has 1 saturated heterocycles. The molecule has 4 rings (SSSR count). The fourth-order valence-corrected chi connectivity index (χ4v) is 3.25. The van der Waals surface area contributed by atoms with Crippen molar-refractivity contribution in [2.45, 2.75) is 38.9 Å². The largest absolute Gasteiger partial charge is 0.494 e. The molecule has 2 aromatic carbocycles. The Morgan fingerprint density at radius 1 is 1.00 bits per heavy atom. The number of aromatic amines is 1. The highest BCUT2D eigenvalue weighted by molar-refractivity contribution is 6.62. The van der Waals surface area contributed by atoms with E-state index in [0.717, 1.165) is 16.5 Å². The minimum Gasteiger partial charge on any atom is -0.399 e. The van der Waals surface area contributed by atoms with Crippen LogP contribution in [0.4, 0.5) is 10.1 Å². The molecule has 0 unspecified atom stereocenters. The molecule has 1 aliphatic heterocycles. The Bertz CT molecular complexity index is 981. The Morgan fingerprint density at radius 2 is 1.69 bits per heavy atom. The number of nitrogens with two attached hydrogens (primary N) is 1.